The molecule has 88 valence electrons. The molecular weight excluding hydrogens is 222 g/mol. The van der Waals surface area contributed by atoms with Crippen molar-refractivity contribution in [1.29, 1.82) is 0 Å². The number of halogens is 1. The highest BCUT2D eigenvalue weighted by Gasteiger charge is 2.21. The third-order valence-corrected chi connectivity index (χ3v) is 3.42. The maximum absolute atomic E-state index is 5.88. The number of hydrogen-bond donors (Lipinski definition) is 0. The van der Waals surface area contributed by atoms with Crippen molar-refractivity contribution in [2.24, 2.45) is 0 Å². The van der Waals surface area contributed by atoms with Crippen LogP contribution in [-0.4, -0.2) is 22.6 Å². The summed E-state index contributed by atoms with van der Waals surface area (Å²) < 4.78 is 0. The van der Waals surface area contributed by atoms with E-state index in [2.05, 4.69) is 21.8 Å². The summed E-state index contributed by atoms with van der Waals surface area (Å²) in [6, 6.07) is 0.617. The van der Waals surface area contributed by atoms with Crippen LogP contribution in [0.5, 0.6) is 0 Å². The summed E-state index contributed by atoms with van der Waals surface area (Å²) >= 11 is 5.88. The van der Waals surface area contributed by atoms with E-state index in [0.717, 1.165) is 12.4 Å². The molecule has 4 heteroatoms. The van der Waals surface area contributed by atoms with Gasteiger partial charge in [-0.05, 0) is 19.8 Å². The molecular formula is C12H18ClN3. The van der Waals surface area contributed by atoms with Gasteiger partial charge in [-0.3, -0.25) is 4.98 Å². The maximum Gasteiger partial charge on any atom is 0.149 e. The molecule has 1 heterocycles. The van der Waals surface area contributed by atoms with Gasteiger partial charge in [-0.1, -0.05) is 30.9 Å². The van der Waals surface area contributed by atoms with Crippen molar-refractivity contribution < 1.29 is 0 Å². The molecule has 1 saturated carbocycles. The average Bonchev–Trinajstić information content (AvgIpc) is 2.31. The molecule has 0 aliphatic heterocycles. The van der Waals surface area contributed by atoms with Crippen LogP contribution in [0.2, 0.25) is 5.15 Å². The molecule has 0 N–H and O–H groups in total. The first-order valence-electron chi connectivity index (χ1n) is 6.05. The highest BCUT2D eigenvalue weighted by molar-refractivity contribution is 6.29. The van der Waals surface area contributed by atoms with Gasteiger partial charge in [-0.25, -0.2) is 4.98 Å². The average molecular weight is 240 g/mol. The van der Waals surface area contributed by atoms with E-state index in [1.165, 1.54) is 32.1 Å². The van der Waals surface area contributed by atoms with Gasteiger partial charge < -0.3 is 4.90 Å². The zero-order valence-corrected chi connectivity index (χ0v) is 10.5. The van der Waals surface area contributed by atoms with Crippen LogP contribution in [0, 0.1) is 0 Å². The Balaban J connectivity index is 2.14. The smallest absolute Gasteiger partial charge is 0.149 e. The second-order valence-corrected chi connectivity index (χ2v) is 4.67. The first kappa shape index (κ1) is 11.6. The number of hydrogen-bond acceptors (Lipinski definition) is 3. The molecule has 0 spiro atoms. The molecule has 0 bridgehead atoms. The molecule has 1 aromatic rings. The Morgan fingerprint density at radius 2 is 2.06 bits per heavy atom. The Kier molecular flexibility index (Phi) is 3.99. The lowest BCUT2D eigenvalue weighted by Gasteiger charge is -2.34. The van der Waals surface area contributed by atoms with Crippen molar-refractivity contribution >= 4 is 17.4 Å². The van der Waals surface area contributed by atoms with E-state index in [1.807, 2.05) is 6.20 Å². The molecule has 0 aromatic carbocycles. The van der Waals surface area contributed by atoms with Crippen molar-refractivity contribution in [3.63, 3.8) is 0 Å². The second-order valence-electron chi connectivity index (χ2n) is 4.28. The van der Waals surface area contributed by atoms with Crippen LogP contribution in [0.3, 0.4) is 0 Å². The first-order chi connectivity index (χ1) is 7.81. The van der Waals surface area contributed by atoms with E-state index < -0.39 is 0 Å². The van der Waals surface area contributed by atoms with E-state index in [0.29, 0.717) is 11.2 Å². The van der Waals surface area contributed by atoms with Crippen LogP contribution in [0.25, 0.3) is 0 Å². The molecule has 0 amide bonds. The Morgan fingerprint density at radius 3 is 2.69 bits per heavy atom. The second kappa shape index (κ2) is 5.48. The van der Waals surface area contributed by atoms with Crippen LogP contribution >= 0.6 is 11.6 Å². The zero-order valence-electron chi connectivity index (χ0n) is 9.69. The van der Waals surface area contributed by atoms with Gasteiger partial charge in [-0.15, -0.1) is 0 Å². The molecule has 1 aliphatic rings. The number of nitrogens with zero attached hydrogens (tertiary/aromatic N) is 3. The van der Waals surface area contributed by atoms with Crippen LogP contribution in [0.15, 0.2) is 12.4 Å². The predicted octanol–water partition coefficient (Wildman–Crippen LogP) is 3.29. The van der Waals surface area contributed by atoms with Gasteiger partial charge >= 0.3 is 0 Å². The van der Waals surface area contributed by atoms with E-state index in [1.54, 1.807) is 6.20 Å². The van der Waals surface area contributed by atoms with Crippen LogP contribution < -0.4 is 4.90 Å². The fraction of sp³-hybridized carbons (Fsp3) is 0.667. The SMILES string of the molecule is CCN(c1cncc(Cl)n1)C1CCCCC1. The van der Waals surface area contributed by atoms with E-state index in [-0.39, 0.29) is 0 Å². The summed E-state index contributed by atoms with van der Waals surface area (Å²) in [5.41, 5.74) is 0. The number of rotatable bonds is 3. The van der Waals surface area contributed by atoms with Crippen molar-refractivity contribution in [2.45, 2.75) is 45.1 Å². The lowest BCUT2D eigenvalue weighted by atomic mass is 9.94. The lowest BCUT2D eigenvalue weighted by molar-refractivity contribution is 0.416. The summed E-state index contributed by atoms with van der Waals surface area (Å²) in [5.74, 6) is 0.918. The molecule has 0 unspecified atom stereocenters. The van der Waals surface area contributed by atoms with Gasteiger partial charge in [0.1, 0.15) is 11.0 Å². The number of anilines is 1. The quantitative estimate of drug-likeness (QED) is 0.811. The van der Waals surface area contributed by atoms with Gasteiger partial charge in [0, 0.05) is 12.6 Å². The zero-order chi connectivity index (χ0) is 11.4. The van der Waals surface area contributed by atoms with Crippen LogP contribution in [-0.2, 0) is 0 Å². The molecule has 0 saturated heterocycles. The van der Waals surface area contributed by atoms with Crippen molar-refractivity contribution in [3.8, 4) is 0 Å². The summed E-state index contributed by atoms with van der Waals surface area (Å²) in [6.07, 6.45) is 9.95. The Labute approximate surface area is 102 Å². The summed E-state index contributed by atoms with van der Waals surface area (Å²) in [7, 11) is 0. The van der Waals surface area contributed by atoms with Gasteiger partial charge in [0.15, 0.2) is 0 Å². The van der Waals surface area contributed by atoms with Crippen LogP contribution in [0.4, 0.5) is 5.82 Å². The van der Waals surface area contributed by atoms with E-state index in [9.17, 15) is 0 Å². The molecule has 1 aliphatic carbocycles. The molecule has 1 aromatic heterocycles. The molecule has 3 nitrogen and oxygen atoms in total. The Morgan fingerprint density at radius 1 is 1.31 bits per heavy atom. The summed E-state index contributed by atoms with van der Waals surface area (Å²) in [4.78, 5) is 10.8. The fourth-order valence-corrected chi connectivity index (χ4v) is 2.61. The molecule has 0 atom stereocenters. The summed E-state index contributed by atoms with van der Waals surface area (Å²) in [6.45, 7) is 3.14. The highest BCUT2D eigenvalue weighted by atomic mass is 35.5. The number of aromatic nitrogens is 2. The highest BCUT2D eigenvalue weighted by Crippen LogP contribution is 2.26. The Hall–Kier alpha value is -0.830. The van der Waals surface area contributed by atoms with E-state index in [4.69, 9.17) is 11.6 Å². The largest absolute Gasteiger partial charge is 0.353 e. The third-order valence-electron chi connectivity index (χ3n) is 3.24. The molecule has 1 fully saturated rings. The first-order valence-corrected chi connectivity index (χ1v) is 6.43. The monoisotopic (exact) mass is 239 g/mol. The Bertz CT molecular complexity index is 337. The minimum Gasteiger partial charge on any atom is -0.353 e. The fourth-order valence-electron chi connectivity index (χ4n) is 2.47. The molecule has 16 heavy (non-hydrogen) atoms. The minimum absolute atomic E-state index is 0.478. The molecule has 2 rings (SSSR count). The van der Waals surface area contributed by atoms with Gasteiger partial charge in [0.2, 0.25) is 0 Å². The van der Waals surface area contributed by atoms with Crippen molar-refractivity contribution in [2.75, 3.05) is 11.4 Å². The van der Waals surface area contributed by atoms with Gasteiger partial charge in [0.25, 0.3) is 0 Å². The lowest BCUT2D eigenvalue weighted by Crippen LogP contribution is -2.37. The topological polar surface area (TPSA) is 29.0 Å². The predicted molar refractivity (Wildman–Crippen MR) is 66.9 cm³/mol. The van der Waals surface area contributed by atoms with Gasteiger partial charge in [-0.2, -0.15) is 0 Å². The van der Waals surface area contributed by atoms with Crippen molar-refractivity contribution in [1.82, 2.24) is 9.97 Å². The van der Waals surface area contributed by atoms with Gasteiger partial charge in [0.05, 0.1) is 12.4 Å². The molecule has 0 radical (unpaired) electrons. The van der Waals surface area contributed by atoms with E-state index >= 15 is 0 Å². The third kappa shape index (κ3) is 2.64. The van der Waals surface area contributed by atoms with Crippen molar-refractivity contribution in [3.05, 3.63) is 17.5 Å². The summed E-state index contributed by atoms with van der Waals surface area (Å²) in [5, 5.41) is 0.478. The standard InChI is InChI=1S/C12H18ClN3/c1-2-16(10-6-4-3-5-7-10)12-9-14-8-11(13)15-12/h8-10H,2-7H2,1H3. The van der Waals surface area contributed by atoms with Crippen LogP contribution in [0.1, 0.15) is 39.0 Å². The maximum atomic E-state index is 5.88. The normalized spacial score (nSPS) is 17.4. The minimum atomic E-state index is 0.478.